The maximum absolute atomic E-state index is 13.4. The summed E-state index contributed by atoms with van der Waals surface area (Å²) in [5.41, 5.74) is 0. The Balaban J connectivity index is 2.95. The third-order valence-electron chi connectivity index (χ3n) is 2.01. The van der Waals surface area contributed by atoms with E-state index in [9.17, 15) is 4.39 Å². The number of halogens is 3. The molecular formula is C9H11Br2FN2. The standard InChI is InChI=1S/C9H11Br2FN2/c1-6(4-10)14(2)9-8(12)3-7(11)5-13-9/h3,5-6H,4H2,1-2H3. The minimum atomic E-state index is -0.310. The minimum absolute atomic E-state index is 0.207. The highest BCUT2D eigenvalue weighted by Gasteiger charge is 2.14. The van der Waals surface area contributed by atoms with E-state index in [1.54, 1.807) is 11.1 Å². The predicted octanol–water partition coefficient (Wildman–Crippen LogP) is 3.20. The van der Waals surface area contributed by atoms with Crippen molar-refractivity contribution in [3.05, 3.63) is 22.6 Å². The topological polar surface area (TPSA) is 16.1 Å². The number of rotatable bonds is 3. The second-order valence-corrected chi connectivity index (χ2v) is 4.64. The van der Waals surface area contributed by atoms with E-state index < -0.39 is 0 Å². The van der Waals surface area contributed by atoms with Gasteiger partial charge in [-0.1, -0.05) is 15.9 Å². The van der Waals surface area contributed by atoms with Crippen LogP contribution in [0, 0.1) is 5.82 Å². The second-order valence-electron chi connectivity index (χ2n) is 3.07. The number of aromatic nitrogens is 1. The second kappa shape index (κ2) is 5.07. The molecule has 0 saturated carbocycles. The smallest absolute Gasteiger partial charge is 0.166 e. The van der Waals surface area contributed by atoms with Gasteiger partial charge in [-0.05, 0) is 28.9 Å². The molecule has 0 radical (unpaired) electrons. The molecule has 0 aromatic carbocycles. The van der Waals surface area contributed by atoms with E-state index in [1.165, 1.54) is 6.07 Å². The van der Waals surface area contributed by atoms with E-state index in [-0.39, 0.29) is 11.9 Å². The molecule has 2 nitrogen and oxygen atoms in total. The van der Waals surface area contributed by atoms with Crippen LogP contribution < -0.4 is 4.90 Å². The number of hydrogen-bond acceptors (Lipinski definition) is 2. The third kappa shape index (κ3) is 2.67. The van der Waals surface area contributed by atoms with Gasteiger partial charge in [0.15, 0.2) is 11.6 Å². The number of nitrogens with zero attached hydrogens (tertiary/aromatic N) is 2. The van der Waals surface area contributed by atoms with Crippen molar-refractivity contribution in [2.75, 3.05) is 17.3 Å². The van der Waals surface area contributed by atoms with Crippen molar-refractivity contribution < 1.29 is 4.39 Å². The summed E-state index contributed by atoms with van der Waals surface area (Å²) in [6, 6.07) is 1.62. The molecule has 1 unspecified atom stereocenters. The molecule has 78 valence electrons. The summed E-state index contributed by atoms with van der Waals surface area (Å²) in [6.45, 7) is 2.00. The Hall–Kier alpha value is -0.160. The van der Waals surface area contributed by atoms with Crippen molar-refractivity contribution in [3.63, 3.8) is 0 Å². The first kappa shape index (κ1) is 11.9. The first-order valence-electron chi connectivity index (χ1n) is 4.16. The number of alkyl halides is 1. The molecule has 0 aliphatic rings. The number of pyridine rings is 1. The fraction of sp³-hybridized carbons (Fsp3) is 0.444. The zero-order valence-electron chi connectivity index (χ0n) is 7.97. The Kier molecular flexibility index (Phi) is 4.31. The summed E-state index contributed by atoms with van der Waals surface area (Å²) in [7, 11) is 1.82. The van der Waals surface area contributed by atoms with Crippen LogP contribution in [0.2, 0.25) is 0 Å². The molecule has 0 saturated heterocycles. The summed E-state index contributed by atoms with van der Waals surface area (Å²) >= 11 is 6.52. The molecule has 0 aliphatic heterocycles. The fourth-order valence-corrected chi connectivity index (χ4v) is 1.72. The molecule has 1 rings (SSSR count). The first-order valence-corrected chi connectivity index (χ1v) is 6.07. The van der Waals surface area contributed by atoms with E-state index in [1.807, 2.05) is 14.0 Å². The van der Waals surface area contributed by atoms with Crippen LogP contribution in [0.5, 0.6) is 0 Å². The van der Waals surface area contributed by atoms with Crippen molar-refractivity contribution in [1.82, 2.24) is 4.98 Å². The van der Waals surface area contributed by atoms with Crippen LogP contribution in [-0.4, -0.2) is 23.4 Å². The van der Waals surface area contributed by atoms with Crippen LogP contribution in [0.4, 0.5) is 10.2 Å². The highest BCUT2D eigenvalue weighted by Crippen LogP contribution is 2.20. The lowest BCUT2D eigenvalue weighted by molar-refractivity contribution is 0.605. The SMILES string of the molecule is CC(CBr)N(C)c1ncc(Br)cc1F. The van der Waals surface area contributed by atoms with Gasteiger partial charge in [-0.3, -0.25) is 0 Å². The summed E-state index contributed by atoms with van der Waals surface area (Å²) in [6.07, 6.45) is 1.59. The summed E-state index contributed by atoms with van der Waals surface area (Å²) in [5.74, 6) is 0.0647. The fourth-order valence-electron chi connectivity index (χ4n) is 0.979. The highest BCUT2D eigenvalue weighted by atomic mass is 79.9. The monoisotopic (exact) mass is 324 g/mol. The van der Waals surface area contributed by atoms with E-state index in [2.05, 4.69) is 36.8 Å². The molecule has 0 N–H and O–H groups in total. The zero-order valence-corrected chi connectivity index (χ0v) is 11.1. The lowest BCUT2D eigenvalue weighted by Gasteiger charge is -2.24. The average Bonchev–Trinajstić information content (AvgIpc) is 2.15. The van der Waals surface area contributed by atoms with Crippen molar-refractivity contribution in [2.45, 2.75) is 13.0 Å². The lowest BCUT2D eigenvalue weighted by atomic mass is 10.3. The van der Waals surface area contributed by atoms with Crippen LogP contribution in [0.25, 0.3) is 0 Å². The quantitative estimate of drug-likeness (QED) is 0.793. The molecule has 0 amide bonds. The van der Waals surface area contributed by atoms with Crippen LogP contribution >= 0.6 is 31.9 Å². The molecule has 0 spiro atoms. The maximum Gasteiger partial charge on any atom is 0.166 e. The molecule has 1 atom stereocenters. The normalized spacial score (nSPS) is 12.6. The molecule has 1 aromatic heterocycles. The van der Waals surface area contributed by atoms with E-state index in [4.69, 9.17) is 0 Å². The zero-order chi connectivity index (χ0) is 10.7. The molecular weight excluding hydrogens is 315 g/mol. The van der Waals surface area contributed by atoms with Gasteiger partial charge in [0.2, 0.25) is 0 Å². The minimum Gasteiger partial charge on any atom is -0.354 e. The Labute approximate surface area is 99.8 Å². The Morgan fingerprint density at radius 1 is 1.64 bits per heavy atom. The Bertz CT molecular complexity index is 320. The summed E-state index contributed by atoms with van der Waals surface area (Å²) < 4.78 is 14.1. The molecule has 0 bridgehead atoms. The van der Waals surface area contributed by atoms with Gasteiger partial charge in [0.1, 0.15) is 0 Å². The van der Waals surface area contributed by atoms with Crippen molar-refractivity contribution >= 4 is 37.7 Å². The first-order chi connectivity index (χ1) is 6.56. The van der Waals surface area contributed by atoms with Crippen LogP contribution in [0.1, 0.15) is 6.92 Å². The van der Waals surface area contributed by atoms with Crippen LogP contribution in [0.3, 0.4) is 0 Å². The van der Waals surface area contributed by atoms with Gasteiger partial charge in [0.25, 0.3) is 0 Å². The van der Waals surface area contributed by atoms with Gasteiger partial charge in [0.05, 0.1) is 0 Å². The molecule has 0 fully saturated rings. The van der Waals surface area contributed by atoms with E-state index in [0.717, 1.165) is 5.33 Å². The van der Waals surface area contributed by atoms with Crippen LogP contribution in [0.15, 0.2) is 16.7 Å². The molecule has 5 heteroatoms. The highest BCUT2D eigenvalue weighted by molar-refractivity contribution is 9.10. The Morgan fingerprint density at radius 2 is 2.29 bits per heavy atom. The van der Waals surface area contributed by atoms with Gasteiger partial charge >= 0.3 is 0 Å². The molecule has 1 aromatic rings. The Morgan fingerprint density at radius 3 is 2.79 bits per heavy atom. The van der Waals surface area contributed by atoms with Crippen molar-refractivity contribution in [3.8, 4) is 0 Å². The van der Waals surface area contributed by atoms with Gasteiger partial charge < -0.3 is 4.90 Å². The van der Waals surface area contributed by atoms with E-state index >= 15 is 0 Å². The van der Waals surface area contributed by atoms with Gasteiger partial charge in [-0.2, -0.15) is 0 Å². The summed E-state index contributed by atoms with van der Waals surface area (Å²) in [4.78, 5) is 5.83. The number of hydrogen-bond donors (Lipinski definition) is 0. The summed E-state index contributed by atoms with van der Waals surface area (Å²) in [5, 5.41) is 0.778. The largest absolute Gasteiger partial charge is 0.354 e. The predicted molar refractivity (Wildman–Crippen MR) is 63.6 cm³/mol. The van der Waals surface area contributed by atoms with Crippen LogP contribution in [-0.2, 0) is 0 Å². The number of anilines is 1. The van der Waals surface area contributed by atoms with Gasteiger partial charge in [-0.25, -0.2) is 9.37 Å². The average molecular weight is 326 g/mol. The van der Waals surface area contributed by atoms with E-state index in [0.29, 0.717) is 10.3 Å². The molecule has 1 heterocycles. The van der Waals surface area contributed by atoms with Crippen molar-refractivity contribution in [1.29, 1.82) is 0 Å². The van der Waals surface area contributed by atoms with Gasteiger partial charge in [-0.15, -0.1) is 0 Å². The third-order valence-corrected chi connectivity index (χ3v) is 3.38. The maximum atomic E-state index is 13.4. The molecule has 14 heavy (non-hydrogen) atoms. The molecule has 0 aliphatic carbocycles. The van der Waals surface area contributed by atoms with Crippen molar-refractivity contribution in [2.24, 2.45) is 0 Å². The van der Waals surface area contributed by atoms with Gasteiger partial charge in [0, 0.05) is 29.1 Å². The lowest BCUT2D eigenvalue weighted by Crippen LogP contribution is -2.31.